The Labute approximate surface area is 251 Å². The van der Waals surface area contributed by atoms with Gasteiger partial charge in [-0.1, -0.05) is 11.6 Å². The van der Waals surface area contributed by atoms with Crippen LogP contribution in [0.1, 0.15) is 18.5 Å². The normalized spacial score (nSPS) is 14.2. The first-order valence-electron chi connectivity index (χ1n) is 13.4. The summed E-state index contributed by atoms with van der Waals surface area (Å²) in [6, 6.07) is 11.4. The van der Waals surface area contributed by atoms with Gasteiger partial charge in [-0.15, -0.1) is 0 Å². The summed E-state index contributed by atoms with van der Waals surface area (Å²) in [4.78, 5) is 23.6. The molecule has 0 radical (unpaired) electrons. The van der Waals surface area contributed by atoms with Gasteiger partial charge >= 0.3 is 0 Å². The SMILES string of the molecule is Cc1ccc(N2CCC(Nc3ncnc4ccc(-c5cnc(Cl)c(NS(=O)(=O)c6ccc(F)cc6F)c5)nc34)CC2)cn1. The van der Waals surface area contributed by atoms with E-state index >= 15 is 0 Å². The summed E-state index contributed by atoms with van der Waals surface area (Å²) in [7, 11) is -4.44. The molecule has 2 N–H and O–H groups in total. The lowest BCUT2D eigenvalue weighted by Crippen LogP contribution is -2.39. The maximum atomic E-state index is 14.2. The van der Waals surface area contributed by atoms with Crippen LogP contribution in [0.15, 0.2) is 72.1 Å². The van der Waals surface area contributed by atoms with Gasteiger partial charge in [-0.05, 0) is 62.2 Å². The standard InChI is InChI=1S/C29H25ClF2N8O2S/c1-17-2-4-21(15-33-17)40-10-8-20(9-11-40)37-29-27-24(35-16-36-29)6-5-23(38-27)18-12-25(28(30)34-14-18)39-43(41,42)26-7-3-19(31)13-22(26)32/h2-7,12-16,20,39H,8-11H2,1H3,(H,35,36,37). The van der Waals surface area contributed by atoms with Crippen LogP contribution in [0.3, 0.4) is 0 Å². The van der Waals surface area contributed by atoms with Gasteiger partial charge in [0.1, 0.15) is 28.4 Å². The smallest absolute Gasteiger partial charge is 0.264 e. The van der Waals surface area contributed by atoms with E-state index in [0.717, 1.165) is 49.4 Å². The quantitative estimate of drug-likeness (QED) is 0.223. The fourth-order valence-electron chi connectivity index (χ4n) is 4.88. The summed E-state index contributed by atoms with van der Waals surface area (Å²) in [5.41, 5.74) is 4.06. The van der Waals surface area contributed by atoms with Crippen molar-refractivity contribution >= 4 is 49.9 Å². The lowest BCUT2D eigenvalue weighted by molar-refractivity contribution is 0.525. The molecule has 0 spiro atoms. The lowest BCUT2D eigenvalue weighted by atomic mass is 10.0. The molecule has 0 atom stereocenters. The highest BCUT2D eigenvalue weighted by molar-refractivity contribution is 7.92. The van der Waals surface area contributed by atoms with Crippen molar-refractivity contribution in [1.29, 1.82) is 0 Å². The average molecular weight is 623 g/mol. The minimum atomic E-state index is -4.44. The van der Waals surface area contributed by atoms with Gasteiger partial charge in [0.2, 0.25) is 0 Å². The second kappa shape index (κ2) is 11.7. The second-order valence-corrected chi connectivity index (χ2v) is 12.1. The maximum absolute atomic E-state index is 14.2. The van der Waals surface area contributed by atoms with Gasteiger partial charge in [-0.2, -0.15) is 0 Å². The van der Waals surface area contributed by atoms with Crippen molar-refractivity contribution in [1.82, 2.24) is 24.9 Å². The van der Waals surface area contributed by atoms with Gasteiger partial charge in [-0.3, -0.25) is 9.71 Å². The zero-order valence-electron chi connectivity index (χ0n) is 22.8. The Morgan fingerprint density at radius 3 is 2.51 bits per heavy atom. The highest BCUT2D eigenvalue weighted by Crippen LogP contribution is 2.31. The van der Waals surface area contributed by atoms with Gasteiger partial charge in [-0.25, -0.2) is 37.1 Å². The second-order valence-electron chi connectivity index (χ2n) is 10.1. The zero-order chi connectivity index (χ0) is 30.1. The first-order valence-corrected chi connectivity index (χ1v) is 15.2. The van der Waals surface area contributed by atoms with Crippen LogP contribution in [-0.4, -0.2) is 52.5 Å². The third-order valence-electron chi connectivity index (χ3n) is 7.14. The van der Waals surface area contributed by atoms with Crippen LogP contribution >= 0.6 is 11.6 Å². The van der Waals surface area contributed by atoms with Crippen LogP contribution in [0.2, 0.25) is 5.15 Å². The molecule has 10 nitrogen and oxygen atoms in total. The van der Waals surface area contributed by atoms with E-state index < -0.39 is 26.6 Å². The number of hydrogen-bond acceptors (Lipinski definition) is 9. The van der Waals surface area contributed by atoms with Gasteiger partial charge < -0.3 is 10.2 Å². The van der Waals surface area contributed by atoms with Crippen molar-refractivity contribution < 1.29 is 17.2 Å². The Hall–Kier alpha value is -4.49. The molecule has 6 rings (SSSR count). The molecule has 0 unspecified atom stereocenters. The summed E-state index contributed by atoms with van der Waals surface area (Å²) < 4.78 is 55.5. The summed E-state index contributed by atoms with van der Waals surface area (Å²) >= 11 is 6.18. The molecular weight excluding hydrogens is 598 g/mol. The van der Waals surface area contributed by atoms with Crippen LogP contribution in [-0.2, 0) is 10.0 Å². The number of piperidine rings is 1. The van der Waals surface area contributed by atoms with Crippen molar-refractivity contribution in [2.45, 2.75) is 30.7 Å². The number of anilines is 3. The highest BCUT2D eigenvalue weighted by Gasteiger charge is 2.23. The Morgan fingerprint density at radius 2 is 1.77 bits per heavy atom. The summed E-state index contributed by atoms with van der Waals surface area (Å²) in [5, 5.41) is 3.36. The predicted octanol–water partition coefficient (Wildman–Crippen LogP) is 5.60. The Kier molecular flexibility index (Phi) is 7.75. The van der Waals surface area contributed by atoms with E-state index in [-0.39, 0.29) is 16.9 Å². The van der Waals surface area contributed by atoms with Crippen LogP contribution in [0.4, 0.5) is 26.0 Å². The van der Waals surface area contributed by atoms with E-state index in [4.69, 9.17) is 16.6 Å². The first kappa shape index (κ1) is 28.6. The van der Waals surface area contributed by atoms with Crippen molar-refractivity contribution in [2.75, 3.05) is 28.0 Å². The number of fused-ring (bicyclic) bond motifs is 1. The maximum Gasteiger partial charge on any atom is 0.264 e. The van der Waals surface area contributed by atoms with E-state index in [0.29, 0.717) is 34.2 Å². The Bertz CT molecular complexity index is 1920. The lowest BCUT2D eigenvalue weighted by Gasteiger charge is -2.34. The third kappa shape index (κ3) is 6.18. The molecule has 0 amide bonds. The number of sulfonamides is 1. The molecule has 220 valence electrons. The molecule has 1 saturated heterocycles. The third-order valence-corrected chi connectivity index (χ3v) is 8.84. The van der Waals surface area contributed by atoms with E-state index in [2.05, 4.69) is 40.9 Å². The van der Waals surface area contributed by atoms with E-state index in [1.165, 1.54) is 18.6 Å². The summed E-state index contributed by atoms with van der Waals surface area (Å²) in [6.07, 6.45) is 6.59. The molecule has 1 aliphatic heterocycles. The molecule has 14 heteroatoms. The monoisotopic (exact) mass is 622 g/mol. The number of pyridine rings is 3. The zero-order valence-corrected chi connectivity index (χ0v) is 24.4. The van der Waals surface area contributed by atoms with Crippen LogP contribution in [0.25, 0.3) is 22.3 Å². The summed E-state index contributed by atoms with van der Waals surface area (Å²) in [5.74, 6) is -1.55. The topological polar surface area (TPSA) is 126 Å². The molecule has 0 aliphatic carbocycles. The van der Waals surface area contributed by atoms with Crippen molar-refractivity contribution in [3.8, 4) is 11.3 Å². The molecule has 1 aliphatic rings. The van der Waals surface area contributed by atoms with Crippen molar-refractivity contribution in [3.05, 3.63) is 89.7 Å². The highest BCUT2D eigenvalue weighted by atomic mass is 35.5. The number of aromatic nitrogens is 5. The minimum Gasteiger partial charge on any atom is -0.370 e. The molecule has 0 saturated carbocycles. The van der Waals surface area contributed by atoms with E-state index in [9.17, 15) is 17.2 Å². The fourth-order valence-corrected chi connectivity index (χ4v) is 6.21. The number of halogens is 3. The number of nitrogens with zero attached hydrogens (tertiary/aromatic N) is 6. The van der Waals surface area contributed by atoms with E-state index in [1.54, 1.807) is 12.1 Å². The number of nitrogens with one attached hydrogen (secondary N) is 2. The average Bonchev–Trinajstić information content (AvgIpc) is 2.99. The molecular formula is C29H25ClF2N8O2S. The molecule has 4 aromatic heterocycles. The molecule has 5 heterocycles. The van der Waals surface area contributed by atoms with Crippen LogP contribution in [0.5, 0.6) is 0 Å². The van der Waals surface area contributed by atoms with Crippen molar-refractivity contribution in [3.63, 3.8) is 0 Å². The van der Waals surface area contributed by atoms with Gasteiger partial charge in [0.15, 0.2) is 11.0 Å². The molecule has 1 aromatic carbocycles. The van der Waals surface area contributed by atoms with Gasteiger partial charge in [0, 0.05) is 42.7 Å². The number of hydrogen-bond donors (Lipinski definition) is 2. The van der Waals surface area contributed by atoms with E-state index in [1.807, 2.05) is 19.2 Å². The predicted molar refractivity (Wildman–Crippen MR) is 161 cm³/mol. The minimum absolute atomic E-state index is 0.0945. The first-order chi connectivity index (χ1) is 20.7. The largest absolute Gasteiger partial charge is 0.370 e. The number of aryl methyl sites for hydroxylation is 1. The van der Waals surface area contributed by atoms with Crippen LogP contribution in [0, 0.1) is 18.6 Å². The Morgan fingerprint density at radius 1 is 0.953 bits per heavy atom. The van der Waals surface area contributed by atoms with Crippen LogP contribution < -0.4 is 14.9 Å². The summed E-state index contributed by atoms with van der Waals surface area (Å²) in [6.45, 7) is 3.69. The Balaban J connectivity index is 1.23. The van der Waals surface area contributed by atoms with Gasteiger partial charge in [0.25, 0.3) is 10.0 Å². The number of benzene rings is 1. The molecule has 5 aromatic rings. The molecule has 1 fully saturated rings. The molecule has 0 bridgehead atoms. The molecule has 43 heavy (non-hydrogen) atoms. The van der Waals surface area contributed by atoms with Gasteiger partial charge in [0.05, 0.1) is 28.8 Å². The number of rotatable bonds is 7. The fraction of sp³-hybridized carbons (Fsp3) is 0.207. The van der Waals surface area contributed by atoms with Crippen molar-refractivity contribution in [2.24, 2.45) is 0 Å².